The monoisotopic (exact) mass is 320 g/mol. The molecule has 0 saturated heterocycles. The Morgan fingerprint density at radius 1 is 1.22 bits per heavy atom. The highest BCUT2D eigenvalue weighted by molar-refractivity contribution is 5.87. The average molecular weight is 320 g/mol. The molecule has 6 nitrogen and oxygen atoms in total. The van der Waals surface area contributed by atoms with E-state index in [-0.39, 0.29) is 23.7 Å². The summed E-state index contributed by atoms with van der Waals surface area (Å²) in [5, 5.41) is 19.9. The number of methoxy groups -OCH3 is 3. The van der Waals surface area contributed by atoms with Gasteiger partial charge in [-0.25, -0.2) is 0 Å². The van der Waals surface area contributed by atoms with Gasteiger partial charge in [0, 0.05) is 26.7 Å². The maximum absolute atomic E-state index is 12.4. The minimum absolute atomic E-state index is 0.0328. The molecule has 1 atom stereocenters. The average Bonchev–Trinajstić information content (AvgIpc) is 2.54. The van der Waals surface area contributed by atoms with Crippen molar-refractivity contribution in [2.75, 3.05) is 21.3 Å². The van der Waals surface area contributed by atoms with Crippen molar-refractivity contribution in [2.45, 2.75) is 12.2 Å². The molecule has 1 aliphatic rings. The lowest BCUT2D eigenvalue weighted by atomic mass is 9.90. The molecule has 0 amide bonds. The molecule has 1 aliphatic carbocycles. The number of phenolic OH excluding ortho intramolecular Hbond substituents is 1. The standard InChI is InChI=1S/C17H20O6/c1-21-16-5-4-11(9-14(16)19)8-13(18)12-6-7-17(22-2,23-3)10-15(12)20/h4-7,9-10,12,19-20H,8H2,1-3H3. The van der Waals surface area contributed by atoms with Gasteiger partial charge in [0.1, 0.15) is 5.76 Å². The summed E-state index contributed by atoms with van der Waals surface area (Å²) in [6.07, 6.45) is 4.56. The van der Waals surface area contributed by atoms with Gasteiger partial charge in [0.05, 0.1) is 13.0 Å². The number of ketones is 1. The number of aromatic hydroxyl groups is 1. The first kappa shape index (κ1) is 17.1. The number of allylic oxidation sites excluding steroid dienone is 1. The molecular weight excluding hydrogens is 300 g/mol. The Hall–Kier alpha value is -2.31. The van der Waals surface area contributed by atoms with Gasteiger partial charge in [-0.1, -0.05) is 12.1 Å². The third-order valence-corrected chi connectivity index (χ3v) is 3.80. The van der Waals surface area contributed by atoms with Gasteiger partial charge >= 0.3 is 0 Å². The zero-order chi connectivity index (χ0) is 17.0. The summed E-state index contributed by atoms with van der Waals surface area (Å²) in [6.45, 7) is 0. The topological polar surface area (TPSA) is 85.2 Å². The highest BCUT2D eigenvalue weighted by atomic mass is 16.7. The van der Waals surface area contributed by atoms with E-state index in [4.69, 9.17) is 14.2 Å². The van der Waals surface area contributed by atoms with Crippen LogP contribution in [0, 0.1) is 5.92 Å². The summed E-state index contributed by atoms with van der Waals surface area (Å²) in [7, 11) is 4.34. The molecule has 0 saturated carbocycles. The van der Waals surface area contributed by atoms with Gasteiger partial charge < -0.3 is 24.4 Å². The number of ether oxygens (including phenoxy) is 3. The molecule has 23 heavy (non-hydrogen) atoms. The van der Waals surface area contributed by atoms with Crippen molar-refractivity contribution in [3.8, 4) is 11.5 Å². The third kappa shape index (κ3) is 3.55. The number of hydrogen-bond acceptors (Lipinski definition) is 6. The summed E-state index contributed by atoms with van der Waals surface area (Å²) in [5.41, 5.74) is 0.629. The summed E-state index contributed by atoms with van der Waals surface area (Å²) in [4.78, 5) is 12.4. The first-order chi connectivity index (χ1) is 10.9. The second-order valence-corrected chi connectivity index (χ2v) is 5.18. The molecule has 2 rings (SSSR count). The third-order valence-electron chi connectivity index (χ3n) is 3.80. The Balaban J connectivity index is 2.13. The van der Waals surface area contributed by atoms with Crippen molar-refractivity contribution in [1.82, 2.24) is 0 Å². The Morgan fingerprint density at radius 2 is 1.91 bits per heavy atom. The maximum atomic E-state index is 12.4. The van der Waals surface area contributed by atoms with E-state index in [1.807, 2.05) is 0 Å². The fraction of sp³-hybridized carbons (Fsp3) is 0.353. The predicted octanol–water partition coefficient (Wildman–Crippen LogP) is 2.13. The number of hydrogen-bond donors (Lipinski definition) is 2. The lowest BCUT2D eigenvalue weighted by Gasteiger charge is -2.29. The minimum Gasteiger partial charge on any atom is -0.511 e. The first-order valence-corrected chi connectivity index (χ1v) is 7.04. The number of carbonyl (C=O) groups excluding carboxylic acids is 1. The molecule has 0 spiro atoms. The molecule has 0 bridgehead atoms. The van der Waals surface area contributed by atoms with Crippen LogP contribution in [-0.2, 0) is 20.7 Å². The second kappa shape index (κ2) is 6.85. The zero-order valence-electron chi connectivity index (χ0n) is 13.3. The van der Waals surface area contributed by atoms with E-state index in [1.54, 1.807) is 24.3 Å². The van der Waals surface area contributed by atoms with Crippen molar-refractivity contribution in [3.05, 3.63) is 47.7 Å². The molecule has 6 heteroatoms. The van der Waals surface area contributed by atoms with Gasteiger partial charge in [-0.2, -0.15) is 0 Å². The Bertz CT molecular complexity index is 642. The smallest absolute Gasteiger partial charge is 0.211 e. The van der Waals surface area contributed by atoms with E-state index in [0.717, 1.165) is 0 Å². The number of phenols is 1. The van der Waals surface area contributed by atoms with Crippen LogP contribution in [0.1, 0.15) is 5.56 Å². The van der Waals surface area contributed by atoms with Crippen LogP contribution < -0.4 is 4.74 Å². The number of Topliss-reactive ketones (excluding diaryl/α,β-unsaturated/α-hetero) is 1. The number of aliphatic hydroxyl groups excluding tert-OH is 1. The van der Waals surface area contributed by atoms with Gasteiger partial charge in [-0.05, 0) is 23.8 Å². The largest absolute Gasteiger partial charge is 0.511 e. The van der Waals surface area contributed by atoms with Crippen LogP contribution in [0.3, 0.4) is 0 Å². The van der Waals surface area contributed by atoms with Crippen LogP contribution >= 0.6 is 0 Å². The van der Waals surface area contributed by atoms with Crippen molar-refractivity contribution >= 4 is 5.78 Å². The van der Waals surface area contributed by atoms with Gasteiger partial charge in [0.15, 0.2) is 17.3 Å². The van der Waals surface area contributed by atoms with Crippen LogP contribution in [0.2, 0.25) is 0 Å². The van der Waals surface area contributed by atoms with Crippen LogP contribution in [0.25, 0.3) is 0 Å². The molecule has 0 radical (unpaired) electrons. The lowest BCUT2D eigenvalue weighted by Crippen LogP contribution is -2.34. The Labute approximate surface area is 134 Å². The number of carbonyl (C=O) groups is 1. The van der Waals surface area contributed by atoms with E-state index in [9.17, 15) is 15.0 Å². The molecule has 1 aromatic rings. The van der Waals surface area contributed by atoms with E-state index in [0.29, 0.717) is 11.3 Å². The molecule has 2 N–H and O–H groups in total. The molecule has 0 fully saturated rings. The summed E-state index contributed by atoms with van der Waals surface area (Å²) in [5.74, 6) is -1.95. The Morgan fingerprint density at radius 3 is 2.43 bits per heavy atom. The van der Waals surface area contributed by atoms with Crippen LogP contribution in [0.4, 0.5) is 0 Å². The van der Waals surface area contributed by atoms with Gasteiger partial charge in [-0.15, -0.1) is 0 Å². The first-order valence-electron chi connectivity index (χ1n) is 7.04. The zero-order valence-corrected chi connectivity index (χ0v) is 13.3. The number of rotatable bonds is 6. The lowest BCUT2D eigenvalue weighted by molar-refractivity contribution is -0.137. The second-order valence-electron chi connectivity index (χ2n) is 5.18. The highest BCUT2D eigenvalue weighted by Gasteiger charge is 2.33. The molecule has 1 aromatic carbocycles. The highest BCUT2D eigenvalue weighted by Crippen LogP contribution is 2.30. The van der Waals surface area contributed by atoms with E-state index in [1.165, 1.54) is 33.5 Å². The van der Waals surface area contributed by atoms with Crippen molar-refractivity contribution in [2.24, 2.45) is 5.92 Å². The quantitative estimate of drug-likeness (QED) is 0.617. The van der Waals surface area contributed by atoms with Gasteiger partial charge in [0.2, 0.25) is 5.79 Å². The molecule has 1 unspecified atom stereocenters. The van der Waals surface area contributed by atoms with E-state index >= 15 is 0 Å². The SMILES string of the molecule is COc1ccc(CC(=O)C2C=CC(OC)(OC)C=C2O)cc1O. The molecule has 0 heterocycles. The Kier molecular flexibility index (Phi) is 5.08. The van der Waals surface area contributed by atoms with Crippen LogP contribution in [0.15, 0.2) is 42.2 Å². The predicted molar refractivity (Wildman–Crippen MR) is 83.5 cm³/mol. The molecular formula is C17H20O6. The normalized spacial score (nSPS) is 19.3. The van der Waals surface area contributed by atoms with Crippen LogP contribution in [-0.4, -0.2) is 43.1 Å². The van der Waals surface area contributed by atoms with Crippen molar-refractivity contribution in [3.63, 3.8) is 0 Å². The summed E-state index contributed by atoms with van der Waals surface area (Å²) < 4.78 is 15.3. The summed E-state index contributed by atoms with van der Waals surface area (Å²) in [6, 6.07) is 4.75. The number of benzene rings is 1. The fourth-order valence-electron chi connectivity index (χ4n) is 2.44. The van der Waals surface area contributed by atoms with Crippen molar-refractivity contribution in [1.29, 1.82) is 0 Å². The van der Waals surface area contributed by atoms with Gasteiger partial charge in [0.25, 0.3) is 0 Å². The summed E-state index contributed by atoms with van der Waals surface area (Å²) >= 11 is 0. The van der Waals surface area contributed by atoms with E-state index in [2.05, 4.69) is 0 Å². The minimum atomic E-state index is -1.15. The fourth-order valence-corrected chi connectivity index (χ4v) is 2.44. The molecule has 124 valence electrons. The van der Waals surface area contributed by atoms with Gasteiger partial charge in [-0.3, -0.25) is 4.79 Å². The molecule has 0 aliphatic heterocycles. The van der Waals surface area contributed by atoms with Crippen molar-refractivity contribution < 1.29 is 29.2 Å². The van der Waals surface area contributed by atoms with Crippen LogP contribution in [0.5, 0.6) is 11.5 Å². The molecule has 0 aromatic heterocycles. The number of aliphatic hydroxyl groups is 1. The maximum Gasteiger partial charge on any atom is 0.211 e. The van der Waals surface area contributed by atoms with E-state index < -0.39 is 11.7 Å².